The zero-order valence-electron chi connectivity index (χ0n) is 7.59. The first kappa shape index (κ1) is 6.96. The molecule has 0 saturated heterocycles. The Bertz CT molecular complexity index is 466. The highest BCUT2D eigenvalue weighted by Crippen LogP contribution is 2.35. The maximum Gasteiger partial charge on any atom is 0.0494 e. The minimum atomic E-state index is 1.09. The molecule has 1 nitrogen and oxygen atoms in total. The Morgan fingerprint density at radius 2 is 2.00 bits per heavy atom. The topological polar surface area (TPSA) is 15.8 Å². The van der Waals surface area contributed by atoms with Gasteiger partial charge in [-0.25, -0.2) is 0 Å². The van der Waals surface area contributed by atoms with Crippen molar-refractivity contribution < 1.29 is 0 Å². The van der Waals surface area contributed by atoms with E-state index in [9.17, 15) is 0 Å². The molecule has 3 rings (SSSR count). The minimum absolute atomic E-state index is 1.09. The Hall–Kier alpha value is -1.50. The number of H-pyrrole nitrogens is 1. The molecule has 0 unspecified atom stereocenters. The number of benzene rings is 1. The zero-order valence-corrected chi connectivity index (χ0v) is 7.59. The lowest BCUT2D eigenvalue weighted by Gasteiger charge is -1.97. The van der Waals surface area contributed by atoms with Crippen LogP contribution in [0.5, 0.6) is 0 Å². The minimum Gasteiger partial charge on any atom is -0.358 e. The van der Waals surface area contributed by atoms with Gasteiger partial charge >= 0.3 is 0 Å². The molecular formula is C12H11N. The van der Waals surface area contributed by atoms with Gasteiger partial charge in [0.05, 0.1) is 0 Å². The molecular weight excluding hydrogens is 158 g/mol. The lowest BCUT2D eigenvalue weighted by molar-refractivity contribution is 1.25. The van der Waals surface area contributed by atoms with E-state index in [4.69, 9.17) is 0 Å². The third kappa shape index (κ3) is 0.872. The Morgan fingerprint density at radius 3 is 2.92 bits per heavy atom. The smallest absolute Gasteiger partial charge is 0.0494 e. The molecule has 1 N–H and O–H groups in total. The van der Waals surface area contributed by atoms with Crippen molar-refractivity contribution in [3.05, 3.63) is 47.2 Å². The van der Waals surface area contributed by atoms with E-state index in [1.807, 2.05) is 0 Å². The first-order valence-corrected chi connectivity index (χ1v) is 4.61. The molecule has 1 aliphatic rings. The third-order valence-corrected chi connectivity index (χ3v) is 2.70. The second-order valence-electron chi connectivity index (χ2n) is 3.69. The zero-order chi connectivity index (χ0) is 8.84. The molecule has 0 saturated carbocycles. The SMILES string of the molecule is Cc1cc2c([nH]1)-c1ccccc1C2. The molecule has 0 aliphatic heterocycles. The Kier molecular flexibility index (Phi) is 1.21. The largest absolute Gasteiger partial charge is 0.358 e. The summed E-state index contributed by atoms with van der Waals surface area (Å²) < 4.78 is 0. The number of aryl methyl sites for hydroxylation is 1. The fourth-order valence-electron chi connectivity index (χ4n) is 2.15. The molecule has 1 aromatic carbocycles. The second kappa shape index (κ2) is 2.25. The molecule has 0 bridgehead atoms. The van der Waals surface area contributed by atoms with Gasteiger partial charge in [0.25, 0.3) is 0 Å². The van der Waals surface area contributed by atoms with Crippen LogP contribution in [0.15, 0.2) is 30.3 Å². The van der Waals surface area contributed by atoms with E-state index in [2.05, 4.69) is 42.2 Å². The van der Waals surface area contributed by atoms with Crippen LogP contribution in [-0.2, 0) is 6.42 Å². The van der Waals surface area contributed by atoms with E-state index < -0.39 is 0 Å². The van der Waals surface area contributed by atoms with Crippen LogP contribution in [0.2, 0.25) is 0 Å². The van der Waals surface area contributed by atoms with Crippen LogP contribution in [0.3, 0.4) is 0 Å². The summed E-state index contributed by atoms with van der Waals surface area (Å²) in [6, 6.07) is 10.9. The summed E-state index contributed by atoms with van der Waals surface area (Å²) in [6.07, 6.45) is 1.09. The van der Waals surface area contributed by atoms with Gasteiger partial charge in [0.2, 0.25) is 0 Å². The van der Waals surface area contributed by atoms with Gasteiger partial charge in [0.1, 0.15) is 0 Å². The standard InChI is InChI=1S/C12H11N/c1-8-6-10-7-9-4-2-3-5-11(9)12(10)13-8/h2-6,13H,7H2,1H3. The van der Waals surface area contributed by atoms with E-state index in [1.54, 1.807) is 0 Å². The number of aromatic nitrogens is 1. The highest BCUT2D eigenvalue weighted by atomic mass is 14.7. The fourth-order valence-corrected chi connectivity index (χ4v) is 2.15. The lowest BCUT2D eigenvalue weighted by Crippen LogP contribution is -1.80. The van der Waals surface area contributed by atoms with Crippen molar-refractivity contribution >= 4 is 0 Å². The summed E-state index contributed by atoms with van der Waals surface area (Å²) in [5.74, 6) is 0. The van der Waals surface area contributed by atoms with Crippen LogP contribution in [0, 0.1) is 6.92 Å². The number of aromatic amines is 1. The van der Waals surface area contributed by atoms with Gasteiger partial charge in [-0.3, -0.25) is 0 Å². The molecule has 2 aromatic rings. The molecule has 1 heteroatoms. The fraction of sp³-hybridized carbons (Fsp3) is 0.167. The van der Waals surface area contributed by atoms with Gasteiger partial charge in [-0.1, -0.05) is 24.3 Å². The van der Waals surface area contributed by atoms with Crippen molar-refractivity contribution in [2.75, 3.05) is 0 Å². The molecule has 1 aromatic heterocycles. The number of hydrogen-bond acceptors (Lipinski definition) is 0. The highest BCUT2D eigenvalue weighted by Gasteiger charge is 2.18. The van der Waals surface area contributed by atoms with Crippen LogP contribution in [0.1, 0.15) is 16.8 Å². The second-order valence-corrected chi connectivity index (χ2v) is 3.69. The van der Waals surface area contributed by atoms with Crippen LogP contribution < -0.4 is 0 Å². The molecule has 64 valence electrons. The van der Waals surface area contributed by atoms with Gasteiger partial charge in [0.15, 0.2) is 0 Å². The molecule has 0 fully saturated rings. The van der Waals surface area contributed by atoms with Gasteiger partial charge in [-0.15, -0.1) is 0 Å². The number of rotatable bonds is 0. The van der Waals surface area contributed by atoms with Crippen molar-refractivity contribution in [2.24, 2.45) is 0 Å². The van der Waals surface area contributed by atoms with Crippen molar-refractivity contribution in [1.29, 1.82) is 0 Å². The summed E-state index contributed by atoms with van der Waals surface area (Å²) in [5.41, 5.74) is 6.86. The van der Waals surface area contributed by atoms with Crippen LogP contribution in [0.25, 0.3) is 11.3 Å². The van der Waals surface area contributed by atoms with E-state index >= 15 is 0 Å². The molecule has 0 atom stereocenters. The van der Waals surface area contributed by atoms with Crippen LogP contribution >= 0.6 is 0 Å². The molecule has 13 heavy (non-hydrogen) atoms. The highest BCUT2D eigenvalue weighted by molar-refractivity contribution is 5.74. The van der Waals surface area contributed by atoms with Gasteiger partial charge < -0.3 is 4.98 Å². The summed E-state index contributed by atoms with van der Waals surface area (Å²) >= 11 is 0. The van der Waals surface area contributed by atoms with Crippen molar-refractivity contribution in [1.82, 2.24) is 4.98 Å². The average Bonchev–Trinajstić information content (AvgIpc) is 2.60. The summed E-state index contributed by atoms with van der Waals surface area (Å²) in [4.78, 5) is 3.41. The van der Waals surface area contributed by atoms with Crippen LogP contribution in [0.4, 0.5) is 0 Å². The predicted molar refractivity (Wildman–Crippen MR) is 53.8 cm³/mol. The molecule has 0 spiro atoms. The Morgan fingerprint density at radius 1 is 1.15 bits per heavy atom. The molecule has 0 amide bonds. The summed E-state index contributed by atoms with van der Waals surface area (Å²) in [5, 5.41) is 0. The first-order chi connectivity index (χ1) is 6.34. The van der Waals surface area contributed by atoms with E-state index in [0.717, 1.165) is 6.42 Å². The molecule has 1 aliphatic carbocycles. The van der Waals surface area contributed by atoms with Crippen molar-refractivity contribution in [2.45, 2.75) is 13.3 Å². The summed E-state index contributed by atoms with van der Waals surface area (Å²) in [6.45, 7) is 2.11. The van der Waals surface area contributed by atoms with Crippen LogP contribution in [-0.4, -0.2) is 4.98 Å². The number of nitrogens with one attached hydrogen (secondary N) is 1. The normalized spacial score (nSPS) is 12.7. The van der Waals surface area contributed by atoms with Crippen molar-refractivity contribution in [3.8, 4) is 11.3 Å². The third-order valence-electron chi connectivity index (χ3n) is 2.70. The van der Waals surface area contributed by atoms with Gasteiger partial charge in [-0.05, 0) is 24.1 Å². The Labute approximate surface area is 77.4 Å². The van der Waals surface area contributed by atoms with Crippen molar-refractivity contribution in [3.63, 3.8) is 0 Å². The lowest BCUT2D eigenvalue weighted by atomic mass is 10.1. The maximum atomic E-state index is 3.41. The molecule has 1 heterocycles. The maximum absolute atomic E-state index is 3.41. The quantitative estimate of drug-likeness (QED) is 0.532. The van der Waals surface area contributed by atoms with E-state index in [1.165, 1.54) is 28.1 Å². The number of hydrogen-bond donors (Lipinski definition) is 1. The predicted octanol–water partition coefficient (Wildman–Crippen LogP) is 2.89. The first-order valence-electron chi connectivity index (χ1n) is 4.61. The van der Waals surface area contributed by atoms with E-state index in [-0.39, 0.29) is 0 Å². The summed E-state index contributed by atoms with van der Waals surface area (Å²) in [7, 11) is 0. The average molecular weight is 169 g/mol. The monoisotopic (exact) mass is 169 g/mol. The molecule has 0 radical (unpaired) electrons. The Balaban J connectivity index is 2.30. The van der Waals surface area contributed by atoms with E-state index in [0.29, 0.717) is 0 Å². The number of fused-ring (bicyclic) bond motifs is 3. The van der Waals surface area contributed by atoms with Gasteiger partial charge in [0, 0.05) is 23.4 Å². The van der Waals surface area contributed by atoms with Gasteiger partial charge in [-0.2, -0.15) is 0 Å².